The minimum Gasteiger partial charge on any atom is -0.378 e. The van der Waals surface area contributed by atoms with Crippen LogP contribution in [-0.4, -0.2) is 10.2 Å². The molecule has 1 aromatic heterocycles. The van der Waals surface area contributed by atoms with E-state index in [-0.39, 0.29) is 10.8 Å². The van der Waals surface area contributed by atoms with Crippen molar-refractivity contribution in [1.29, 1.82) is 0 Å². The molecule has 166 valence electrons. The normalized spacial score (nSPS) is 17.6. The molecule has 8 heteroatoms. The molecule has 0 bridgehead atoms. The summed E-state index contributed by atoms with van der Waals surface area (Å²) in [6.07, 6.45) is 4.02. The highest BCUT2D eigenvalue weighted by Crippen LogP contribution is 2.36. The first kappa shape index (κ1) is 22.6. The van der Waals surface area contributed by atoms with Gasteiger partial charge in [-0.15, -0.1) is 0 Å². The van der Waals surface area contributed by atoms with E-state index >= 15 is 0 Å². The van der Waals surface area contributed by atoms with Crippen LogP contribution < -0.4 is 19.9 Å². The van der Waals surface area contributed by atoms with Crippen LogP contribution in [0.2, 0.25) is 0 Å². The van der Waals surface area contributed by atoms with Crippen molar-refractivity contribution >= 4 is 67.0 Å². The van der Waals surface area contributed by atoms with Crippen LogP contribution in [0.1, 0.15) is 52.7 Å². The van der Waals surface area contributed by atoms with Crippen molar-refractivity contribution in [2.45, 2.75) is 52.4 Å². The number of fused-ring (bicyclic) bond motifs is 6. The summed E-state index contributed by atoms with van der Waals surface area (Å²) in [5.41, 5.74) is 8.16. The van der Waals surface area contributed by atoms with Crippen molar-refractivity contribution in [3.63, 3.8) is 0 Å². The molecular formula is C24H26B2Cl4N2. The molecule has 5 rings (SSSR count). The molecule has 0 atom stereocenters. The second-order valence-electron chi connectivity index (χ2n) is 11.2. The first-order valence-electron chi connectivity index (χ1n) is 11.0. The molecular weight excluding hydrogens is 480 g/mol. The summed E-state index contributed by atoms with van der Waals surface area (Å²) in [5.74, 6) is 0. The predicted octanol–water partition coefficient (Wildman–Crippen LogP) is 5.16. The number of benzene rings is 2. The van der Waals surface area contributed by atoms with Gasteiger partial charge in [-0.2, -0.15) is 0 Å². The SMILES string of the molecule is CC(C)(C)c1ccc2c(c1)[B-](Cl)(Cl)[n+]1cc3[n+](cc1-2)[B-](Cl)(Cl)c1cc(C(C)(C)C)ccc1-3. The standard InChI is InChI=1S/C24H26B2Cl4N2/c1-23(2,3)15-7-9-17-19(11-15)25(27,28)31-14-22-18-10-8-16(24(4,5)6)12-20(18)26(29,30)32(22)13-21(17)31/h7-14H,1-6H3. The summed E-state index contributed by atoms with van der Waals surface area (Å²) >= 11 is 28.2. The van der Waals surface area contributed by atoms with Crippen molar-refractivity contribution in [2.75, 3.05) is 0 Å². The van der Waals surface area contributed by atoms with Crippen LogP contribution in [0.3, 0.4) is 0 Å². The van der Waals surface area contributed by atoms with Gasteiger partial charge in [0.2, 0.25) is 11.4 Å². The Labute approximate surface area is 210 Å². The number of rotatable bonds is 0. The number of aromatic nitrogens is 2. The van der Waals surface area contributed by atoms with E-state index in [4.69, 9.17) is 45.8 Å². The van der Waals surface area contributed by atoms with Gasteiger partial charge in [0.1, 0.15) is 0 Å². The summed E-state index contributed by atoms with van der Waals surface area (Å²) in [5, 5.41) is -4.02. The van der Waals surface area contributed by atoms with Gasteiger partial charge in [0, 0.05) is 11.1 Å². The third kappa shape index (κ3) is 3.10. The zero-order chi connectivity index (χ0) is 23.4. The lowest BCUT2D eigenvalue weighted by Gasteiger charge is -2.23. The van der Waals surface area contributed by atoms with Gasteiger partial charge >= 0.3 is 10.2 Å². The van der Waals surface area contributed by atoms with E-state index in [1.54, 1.807) is 0 Å². The average Bonchev–Trinajstić information content (AvgIpc) is 3.05. The van der Waals surface area contributed by atoms with Crippen molar-refractivity contribution < 1.29 is 8.96 Å². The van der Waals surface area contributed by atoms with Crippen molar-refractivity contribution in [3.05, 3.63) is 59.9 Å². The van der Waals surface area contributed by atoms with E-state index < -0.39 is 10.2 Å². The highest BCUT2D eigenvalue weighted by atomic mass is 35.5. The van der Waals surface area contributed by atoms with Gasteiger partial charge in [0.15, 0.2) is 12.4 Å². The fourth-order valence-electron chi connectivity index (χ4n) is 4.89. The van der Waals surface area contributed by atoms with Gasteiger partial charge in [0.05, 0.1) is 0 Å². The smallest absolute Gasteiger partial charge is 0.378 e. The lowest BCUT2D eigenvalue weighted by atomic mass is 9.75. The molecule has 3 heterocycles. The Morgan fingerprint density at radius 3 is 1.25 bits per heavy atom. The Morgan fingerprint density at radius 2 is 0.938 bits per heavy atom. The number of hydrogen-bond acceptors (Lipinski definition) is 0. The zero-order valence-corrected chi connectivity index (χ0v) is 22.2. The molecule has 2 nitrogen and oxygen atoms in total. The van der Waals surface area contributed by atoms with Crippen LogP contribution in [0.5, 0.6) is 0 Å². The van der Waals surface area contributed by atoms with Crippen molar-refractivity contribution in [3.8, 4) is 22.5 Å². The molecule has 0 saturated carbocycles. The van der Waals surface area contributed by atoms with Gasteiger partial charge in [-0.25, -0.2) is 0 Å². The van der Waals surface area contributed by atoms with E-state index in [0.29, 0.717) is 0 Å². The Hall–Kier alpha value is -1.19. The quantitative estimate of drug-likeness (QED) is 0.373. The van der Waals surface area contributed by atoms with Crippen LogP contribution in [-0.2, 0) is 10.8 Å². The fourth-order valence-corrected chi connectivity index (χ4v) is 6.26. The molecule has 0 unspecified atom stereocenters. The average molecular weight is 506 g/mol. The molecule has 0 aliphatic carbocycles. The summed E-state index contributed by atoms with van der Waals surface area (Å²) in [7, 11) is 0. The van der Waals surface area contributed by atoms with Crippen LogP contribution in [0, 0.1) is 0 Å². The second-order valence-corrected chi connectivity index (χ2v) is 14.2. The Morgan fingerprint density at radius 1 is 0.594 bits per heavy atom. The molecule has 2 aliphatic rings. The predicted molar refractivity (Wildman–Crippen MR) is 140 cm³/mol. The highest BCUT2D eigenvalue weighted by molar-refractivity contribution is 7.48. The van der Waals surface area contributed by atoms with E-state index in [0.717, 1.165) is 33.4 Å². The van der Waals surface area contributed by atoms with Crippen molar-refractivity contribution in [2.24, 2.45) is 0 Å². The molecule has 0 radical (unpaired) electrons. The maximum atomic E-state index is 7.06. The topological polar surface area (TPSA) is 7.76 Å². The minimum atomic E-state index is -2.01. The summed E-state index contributed by atoms with van der Waals surface area (Å²) in [4.78, 5) is 0. The van der Waals surface area contributed by atoms with Gasteiger partial charge in [0.25, 0.3) is 0 Å². The van der Waals surface area contributed by atoms with E-state index in [1.165, 1.54) is 11.1 Å². The summed E-state index contributed by atoms with van der Waals surface area (Å²) in [6.45, 7) is 13.1. The molecule has 0 amide bonds. The van der Waals surface area contributed by atoms with Gasteiger partial charge < -0.3 is 8.96 Å². The van der Waals surface area contributed by atoms with Crippen molar-refractivity contribution in [1.82, 2.24) is 0 Å². The van der Waals surface area contributed by atoms with E-state index in [9.17, 15) is 0 Å². The maximum Gasteiger partial charge on any atom is 0.476 e. The lowest BCUT2D eigenvalue weighted by Crippen LogP contribution is -2.65. The van der Waals surface area contributed by atoms with Crippen LogP contribution >= 0.6 is 45.8 Å². The number of hydrogen-bond donors (Lipinski definition) is 0. The Balaban J connectivity index is 1.73. The summed E-state index contributed by atoms with van der Waals surface area (Å²) in [6, 6.07) is 12.8. The molecule has 0 saturated heterocycles. The van der Waals surface area contributed by atoms with E-state index in [1.807, 2.05) is 21.3 Å². The molecule has 2 aromatic carbocycles. The second kappa shape index (κ2) is 6.69. The molecule has 0 spiro atoms. The van der Waals surface area contributed by atoms with Gasteiger partial charge in [-0.1, -0.05) is 88.9 Å². The number of halogens is 4. The Bertz CT molecular complexity index is 1200. The van der Waals surface area contributed by atoms with Crippen LogP contribution in [0.25, 0.3) is 22.5 Å². The third-order valence-electron chi connectivity index (χ3n) is 6.91. The maximum absolute atomic E-state index is 7.06. The largest absolute Gasteiger partial charge is 0.476 e. The Kier molecular flexibility index (Phi) is 4.72. The molecule has 32 heavy (non-hydrogen) atoms. The van der Waals surface area contributed by atoms with Gasteiger partial charge in [-0.05, 0) is 22.0 Å². The minimum absolute atomic E-state index is 0.000832. The molecule has 0 N–H and O–H groups in total. The third-order valence-corrected chi connectivity index (χ3v) is 8.69. The fraction of sp³-hybridized carbons (Fsp3) is 0.333. The van der Waals surface area contributed by atoms with Gasteiger partial charge in [-0.3, -0.25) is 45.8 Å². The van der Waals surface area contributed by atoms with E-state index in [2.05, 4.69) is 77.9 Å². The first-order chi connectivity index (χ1) is 14.6. The van der Waals surface area contributed by atoms with Crippen LogP contribution in [0.4, 0.5) is 0 Å². The number of nitrogens with zero attached hydrogens (tertiary/aromatic N) is 2. The molecule has 2 aliphatic heterocycles. The lowest BCUT2D eigenvalue weighted by molar-refractivity contribution is -0.577. The monoisotopic (exact) mass is 504 g/mol. The molecule has 3 aromatic rings. The first-order valence-corrected chi connectivity index (χ1v) is 12.7. The zero-order valence-electron chi connectivity index (χ0n) is 19.2. The highest BCUT2D eigenvalue weighted by Gasteiger charge is 2.51. The van der Waals surface area contributed by atoms with Crippen LogP contribution in [0.15, 0.2) is 48.8 Å². The molecule has 0 fully saturated rings. The summed E-state index contributed by atoms with van der Waals surface area (Å²) < 4.78 is 3.97.